The van der Waals surface area contributed by atoms with Crippen molar-refractivity contribution in [3.05, 3.63) is 24.6 Å². The largest absolute Gasteiger partial charge is 1.00 e. The Labute approximate surface area is 48.7 Å². The summed E-state index contributed by atoms with van der Waals surface area (Å²) in [6, 6.07) is 0. The minimum Gasteiger partial charge on any atom is -1.00 e. The molecule has 2 heteroatoms. The number of quaternary nitrogens is 1. The van der Waals surface area contributed by atoms with Crippen LogP contribution in [0.5, 0.6) is 0 Å². The topological polar surface area (TPSA) is 4.44 Å². The van der Waals surface area contributed by atoms with Crippen LogP contribution in [0.1, 0.15) is 6.92 Å². The fraction of sp³-hybridized carbons (Fsp3) is 0.333. The molecule has 0 unspecified atom stereocenters. The van der Waals surface area contributed by atoms with E-state index in [1.165, 1.54) is 4.90 Å². The van der Waals surface area contributed by atoms with Crippen LogP contribution in [0.25, 0.3) is 0 Å². The molecule has 1 rings (SSSR count). The predicted molar refractivity (Wildman–Crippen MR) is 29.8 cm³/mol. The van der Waals surface area contributed by atoms with Crippen molar-refractivity contribution >= 4 is 0 Å². The van der Waals surface area contributed by atoms with Crippen molar-refractivity contribution in [2.75, 3.05) is 6.54 Å². The lowest BCUT2D eigenvalue weighted by molar-refractivity contribution is -0.785. The zero-order valence-electron chi connectivity index (χ0n) is 4.89. The van der Waals surface area contributed by atoms with E-state index in [0.29, 0.717) is 0 Å². The molecule has 1 nitrogen and oxygen atoms in total. The van der Waals surface area contributed by atoms with Crippen LogP contribution in [0.3, 0.4) is 0 Å². The van der Waals surface area contributed by atoms with Crippen molar-refractivity contribution in [2.45, 2.75) is 6.92 Å². The number of halogens is 1. The summed E-state index contributed by atoms with van der Waals surface area (Å²) >= 11 is 0. The van der Waals surface area contributed by atoms with Gasteiger partial charge < -0.3 is 4.70 Å². The van der Waals surface area contributed by atoms with Crippen molar-refractivity contribution in [1.29, 1.82) is 0 Å². The van der Waals surface area contributed by atoms with Crippen LogP contribution in [-0.4, -0.2) is 6.54 Å². The van der Waals surface area contributed by atoms with E-state index in [-0.39, 0.29) is 4.70 Å². The molecule has 1 N–H and O–H groups in total. The van der Waals surface area contributed by atoms with Crippen LogP contribution in [0.15, 0.2) is 24.6 Å². The number of rotatable bonds is 1. The van der Waals surface area contributed by atoms with Crippen molar-refractivity contribution in [2.24, 2.45) is 0 Å². The summed E-state index contributed by atoms with van der Waals surface area (Å²) in [6.07, 6.45) is 8.41. The first-order valence-electron chi connectivity index (χ1n) is 2.64. The van der Waals surface area contributed by atoms with E-state index in [9.17, 15) is 0 Å². The Kier molecular flexibility index (Phi) is 3.12. The quantitative estimate of drug-likeness (QED) is 0.370. The van der Waals surface area contributed by atoms with E-state index in [1.807, 2.05) is 0 Å². The lowest BCUT2D eigenvalue weighted by atomic mass is 10.6. The Morgan fingerprint density at radius 1 is 1.25 bits per heavy atom. The molecule has 0 bridgehead atoms. The second-order valence-corrected chi connectivity index (χ2v) is 1.65. The standard InChI is InChI=1S/C6H9N.FH/c1-2-7-5-3-4-6-7;/h3-6H,2H2,1H3;1H. The Hall–Kier alpha value is -0.630. The first-order chi connectivity index (χ1) is 3.43. The summed E-state index contributed by atoms with van der Waals surface area (Å²) in [5.74, 6) is 0. The molecule has 46 valence electrons. The van der Waals surface area contributed by atoms with E-state index < -0.39 is 0 Å². The van der Waals surface area contributed by atoms with E-state index in [1.54, 1.807) is 0 Å². The highest BCUT2D eigenvalue weighted by Crippen LogP contribution is 1.73. The molecule has 1 aliphatic heterocycles. The molecule has 0 saturated carbocycles. The van der Waals surface area contributed by atoms with Gasteiger partial charge in [0.1, 0.15) is 0 Å². The maximum absolute atomic E-state index is 2.16. The number of nitrogens with one attached hydrogen (secondary N) is 1. The van der Waals surface area contributed by atoms with Gasteiger partial charge in [-0.15, -0.1) is 0 Å². The number of hydrogen-bond acceptors (Lipinski definition) is 0. The Morgan fingerprint density at radius 2 is 1.75 bits per heavy atom. The lowest BCUT2D eigenvalue weighted by Crippen LogP contribution is -3.01. The van der Waals surface area contributed by atoms with Gasteiger partial charge >= 0.3 is 0 Å². The molecule has 8 heavy (non-hydrogen) atoms. The summed E-state index contributed by atoms with van der Waals surface area (Å²) in [5, 5.41) is 0. The van der Waals surface area contributed by atoms with Crippen LogP contribution < -0.4 is 9.60 Å². The molecule has 0 radical (unpaired) electrons. The smallest absolute Gasteiger partial charge is 0.0989 e. The average molecular weight is 115 g/mol. The minimum absolute atomic E-state index is 0. The molecule has 0 aromatic rings. The van der Waals surface area contributed by atoms with Crippen LogP contribution in [0.2, 0.25) is 0 Å². The van der Waals surface area contributed by atoms with Crippen LogP contribution in [0, 0.1) is 0 Å². The van der Waals surface area contributed by atoms with Gasteiger partial charge in [-0.05, 0) is 19.1 Å². The molecule has 0 saturated heterocycles. The fourth-order valence-corrected chi connectivity index (χ4v) is 0.650. The maximum Gasteiger partial charge on any atom is 0.0989 e. The number of hydrogen-bond donors (Lipinski definition) is 1. The first kappa shape index (κ1) is 7.37. The first-order valence-corrected chi connectivity index (χ1v) is 2.64. The summed E-state index contributed by atoms with van der Waals surface area (Å²) in [4.78, 5) is 1.43. The summed E-state index contributed by atoms with van der Waals surface area (Å²) in [6.45, 7) is 3.32. The predicted octanol–water partition coefficient (Wildman–Crippen LogP) is -3.06. The highest BCUT2D eigenvalue weighted by molar-refractivity contribution is 5.00. The lowest BCUT2D eigenvalue weighted by Gasteiger charge is -1.98. The Balaban J connectivity index is 0.000000490. The van der Waals surface area contributed by atoms with E-state index in [2.05, 4.69) is 31.5 Å². The maximum atomic E-state index is 2.16. The molecule has 0 fully saturated rings. The molecule has 1 aliphatic rings. The van der Waals surface area contributed by atoms with Crippen molar-refractivity contribution in [3.8, 4) is 0 Å². The average Bonchev–Trinajstić information content (AvgIpc) is 2.14. The van der Waals surface area contributed by atoms with E-state index in [0.717, 1.165) is 6.54 Å². The van der Waals surface area contributed by atoms with E-state index in [4.69, 9.17) is 0 Å². The minimum atomic E-state index is 0. The normalized spacial score (nSPS) is 16.6. The molecular weight excluding hydrogens is 105 g/mol. The van der Waals surface area contributed by atoms with Gasteiger partial charge in [0.15, 0.2) is 0 Å². The second kappa shape index (κ2) is 3.38. The second-order valence-electron chi connectivity index (χ2n) is 1.65. The third kappa shape index (κ3) is 1.46. The van der Waals surface area contributed by atoms with Crippen molar-refractivity contribution in [1.82, 2.24) is 0 Å². The third-order valence-corrected chi connectivity index (χ3v) is 1.14. The fourth-order valence-electron chi connectivity index (χ4n) is 0.650. The zero-order valence-corrected chi connectivity index (χ0v) is 4.89. The molecule has 0 spiro atoms. The van der Waals surface area contributed by atoms with Crippen LogP contribution in [-0.2, 0) is 0 Å². The molecule has 0 aromatic heterocycles. The SMILES string of the molecule is CC[NH+]1C=CC=C1.[F-]. The molecule has 0 aromatic carbocycles. The highest BCUT2D eigenvalue weighted by Gasteiger charge is 1.96. The van der Waals surface area contributed by atoms with Crippen molar-refractivity contribution < 1.29 is 9.60 Å². The summed E-state index contributed by atoms with van der Waals surface area (Å²) in [7, 11) is 0. The molecule has 1 heterocycles. The molecule has 0 amide bonds. The van der Waals surface area contributed by atoms with Gasteiger partial charge in [-0.2, -0.15) is 0 Å². The van der Waals surface area contributed by atoms with Gasteiger partial charge in [0, 0.05) is 0 Å². The molecule has 0 atom stereocenters. The van der Waals surface area contributed by atoms with Gasteiger partial charge in [-0.25, -0.2) is 0 Å². The Morgan fingerprint density at radius 3 is 2.00 bits per heavy atom. The molecule has 0 aliphatic carbocycles. The van der Waals surface area contributed by atoms with Crippen LogP contribution >= 0.6 is 0 Å². The van der Waals surface area contributed by atoms with E-state index >= 15 is 0 Å². The monoisotopic (exact) mass is 115 g/mol. The van der Waals surface area contributed by atoms with Gasteiger partial charge in [0.05, 0.1) is 18.9 Å². The van der Waals surface area contributed by atoms with Gasteiger partial charge in [0.25, 0.3) is 0 Å². The third-order valence-electron chi connectivity index (χ3n) is 1.14. The highest BCUT2D eigenvalue weighted by atomic mass is 19.0. The molecular formula is C6H10FN. The Bertz CT molecular complexity index is 95.1. The van der Waals surface area contributed by atoms with Gasteiger partial charge in [0.2, 0.25) is 0 Å². The summed E-state index contributed by atoms with van der Waals surface area (Å²) in [5.41, 5.74) is 0. The van der Waals surface area contributed by atoms with Gasteiger partial charge in [-0.3, -0.25) is 4.90 Å². The van der Waals surface area contributed by atoms with Crippen molar-refractivity contribution in [3.63, 3.8) is 0 Å². The number of allylic oxidation sites excluding steroid dienone is 2. The van der Waals surface area contributed by atoms with Gasteiger partial charge in [-0.1, -0.05) is 0 Å². The summed E-state index contributed by atoms with van der Waals surface area (Å²) < 4.78 is 0. The zero-order chi connectivity index (χ0) is 5.11. The van der Waals surface area contributed by atoms with Crippen LogP contribution in [0.4, 0.5) is 0 Å².